The fraction of sp³-hybridized carbons (Fsp3) is 0.292. The molecule has 1 aliphatic rings. The molecule has 7 nitrogen and oxygen atoms in total. The van der Waals surface area contributed by atoms with Crippen LogP contribution < -0.4 is 4.74 Å². The monoisotopic (exact) mass is 499 g/mol. The van der Waals surface area contributed by atoms with Crippen LogP contribution in [0.15, 0.2) is 58.4 Å². The third kappa shape index (κ3) is 5.98. The van der Waals surface area contributed by atoms with E-state index in [0.717, 1.165) is 49.0 Å². The van der Waals surface area contributed by atoms with E-state index in [4.69, 9.17) is 20.9 Å². The van der Waals surface area contributed by atoms with Crippen molar-refractivity contribution in [3.63, 3.8) is 0 Å². The third-order valence-electron chi connectivity index (χ3n) is 5.56. The molecule has 0 unspecified atom stereocenters. The van der Waals surface area contributed by atoms with Gasteiger partial charge in [-0.3, -0.25) is 9.80 Å². The van der Waals surface area contributed by atoms with Gasteiger partial charge in [0.25, 0.3) is 0 Å². The molecule has 176 valence electrons. The summed E-state index contributed by atoms with van der Waals surface area (Å²) >= 11 is 7.53. The molecule has 2 aromatic heterocycles. The molecule has 0 saturated carbocycles. The van der Waals surface area contributed by atoms with Crippen LogP contribution in [-0.2, 0) is 19.7 Å². The van der Waals surface area contributed by atoms with Crippen molar-refractivity contribution in [2.45, 2.75) is 19.7 Å². The Morgan fingerprint density at radius 3 is 2.38 bits per heavy atom. The lowest BCUT2D eigenvalue weighted by atomic mass is 10.2. The topological polar surface area (TPSA) is 67.5 Å². The highest BCUT2D eigenvalue weighted by Crippen LogP contribution is 2.20. The van der Waals surface area contributed by atoms with Gasteiger partial charge in [0.1, 0.15) is 23.2 Å². The molecule has 34 heavy (non-hydrogen) atoms. The number of aromatic nitrogens is 3. The Morgan fingerprint density at radius 2 is 1.65 bits per heavy atom. The molecular formula is C24H23ClFN5O2S. The van der Waals surface area contributed by atoms with Gasteiger partial charge in [-0.25, -0.2) is 9.37 Å². The van der Waals surface area contributed by atoms with Gasteiger partial charge in [0.05, 0.1) is 12.2 Å². The van der Waals surface area contributed by atoms with Crippen molar-refractivity contribution in [3.8, 4) is 17.1 Å². The maximum Gasteiger partial charge on any atom is 0.241 e. The van der Waals surface area contributed by atoms with E-state index in [0.29, 0.717) is 35.6 Å². The molecule has 1 fully saturated rings. The summed E-state index contributed by atoms with van der Waals surface area (Å²) in [6.45, 7) is 5.55. The van der Waals surface area contributed by atoms with E-state index in [1.165, 1.54) is 12.1 Å². The van der Waals surface area contributed by atoms with Crippen molar-refractivity contribution in [2.24, 2.45) is 0 Å². The number of hydrogen-bond donors (Lipinski definition) is 0. The number of piperazine rings is 1. The highest BCUT2D eigenvalue weighted by molar-refractivity contribution is 7.09. The van der Waals surface area contributed by atoms with Crippen LogP contribution in [0, 0.1) is 5.82 Å². The van der Waals surface area contributed by atoms with Crippen LogP contribution in [0.4, 0.5) is 4.39 Å². The quantitative estimate of drug-likeness (QED) is 0.342. The highest BCUT2D eigenvalue weighted by Gasteiger charge is 2.20. The van der Waals surface area contributed by atoms with Gasteiger partial charge in [-0.1, -0.05) is 16.8 Å². The smallest absolute Gasteiger partial charge is 0.241 e. The van der Waals surface area contributed by atoms with Gasteiger partial charge < -0.3 is 9.26 Å². The van der Waals surface area contributed by atoms with Gasteiger partial charge in [-0.05, 0) is 48.5 Å². The average Bonchev–Trinajstić information content (AvgIpc) is 3.50. The minimum absolute atomic E-state index is 0.274. The van der Waals surface area contributed by atoms with E-state index in [2.05, 4.69) is 30.3 Å². The molecule has 0 aliphatic carbocycles. The van der Waals surface area contributed by atoms with Crippen molar-refractivity contribution < 1.29 is 13.7 Å². The van der Waals surface area contributed by atoms with Gasteiger partial charge in [0.15, 0.2) is 0 Å². The zero-order valence-electron chi connectivity index (χ0n) is 18.4. The van der Waals surface area contributed by atoms with E-state index >= 15 is 0 Å². The highest BCUT2D eigenvalue weighted by atomic mass is 35.5. The molecule has 0 radical (unpaired) electrons. The number of nitrogens with zero attached hydrogens (tertiary/aromatic N) is 5. The molecule has 0 N–H and O–H groups in total. The molecule has 1 aliphatic heterocycles. The lowest BCUT2D eigenvalue weighted by Gasteiger charge is -2.33. The van der Waals surface area contributed by atoms with Crippen LogP contribution in [0.1, 0.15) is 16.6 Å². The summed E-state index contributed by atoms with van der Waals surface area (Å²) in [5.41, 5.74) is 1.93. The van der Waals surface area contributed by atoms with Crippen molar-refractivity contribution in [1.82, 2.24) is 24.9 Å². The van der Waals surface area contributed by atoms with Crippen molar-refractivity contribution >= 4 is 22.9 Å². The molecule has 10 heteroatoms. The number of rotatable bonds is 8. The number of thiazole rings is 1. The summed E-state index contributed by atoms with van der Waals surface area (Å²) in [5, 5.41) is 7.75. The molecule has 1 saturated heterocycles. The molecule has 4 aromatic rings. The maximum absolute atomic E-state index is 13.0. The van der Waals surface area contributed by atoms with Crippen molar-refractivity contribution in [1.29, 1.82) is 0 Å². The van der Waals surface area contributed by atoms with E-state index in [1.54, 1.807) is 23.5 Å². The Morgan fingerprint density at radius 1 is 0.941 bits per heavy atom. The second kappa shape index (κ2) is 10.6. The Balaban J connectivity index is 1.07. The first-order valence-electron chi connectivity index (χ1n) is 11.0. The molecular weight excluding hydrogens is 477 g/mol. The summed E-state index contributed by atoms with van der Waals surface area (Å²) in [6, 6.07) is 13.4. The number of halogens is 2. The average molecular weight is 500 g/mol. The standard InChI is InChI=1S/C24H23ClFN5O2S/c25-18-3-1-17(2-4-18)24-28-22(33-29-24)14-31-11-9-30(10-12-31)13-20-16-34-23(27-20)15-32-21-7-5-19(26)6-8-21/h1-8,16H,9-15H2. The molecule has 0 bridgehead atoms. The van der Waals surface area contributed by atoms with Crippen LogP contribution in [0.25, 0.3) is 11.4 Å². The van der Waals surface area contributed by atoms with E-state index < -0.39 is 0 Å². The van der Waals surface area contributed by atoms with Gasteiger partial charge in [-0.15, -0.1) is 11.3 Å². The SMILES string of the molecule is Fc1ccc(OCc2nc(CN3CCN(Cc4nc(-c5ccc(Cl)cc5)no4)CC3)cs2)cc1. The van der Waals surface area contributed by atoms with Gasteiger partial charge >= 0.3 is 0 Å². The van der Waals surface area contributed by atoms with E-state index in [-0.39, 0.29) is 5.82 Å². The van der Waals surface area contributed by atoms with Crippen molar-refractivity contribution in [3.05, 3.63) is 81.3 Å². The van der Waals surface area contributed by atoms with E-state index in [9.17, 15) is 4.39 Å². The number of ether oxygens (including phenoxy) is 1. The maximum atomic E-state index is 13.0. The first-order chi connectivity index (χ1) is 16.6. The Labute approximate surface area is 205 Å². The summed E-state index contributed by atoms with van der Waals surface area (Å²) in [5.74, 6) is 1.55. The molecule has 2 aromatic carbocycles. The van der Waals surface area contributed by atoms with Gasteiger partial charge in [-0.2, -0.15) is 4.98 Å². The molecule has 0 amide bonds. The molecule has 5 rings (SSSR count). The Hall–Kier alpha value is -2.85. The fourth-order valence-electron chi connectivity index (χ4n) is 3.72. The first-order valence-corrected chi connectivity index (χ1v) is 12.2. The number of benzene rings is 2. The minimum Gasteiger partial charge on any atom is -0.486 e. The zero-order valence-corrected chi connectivity index (χ0v) is 19.9. The first kappa shape index (κ1) is 22.9. The molecule has 3 heterocycles. The van der Waals surface area contributed by atoms with Crippen molar-refractivity contribution in [2.75, 3.05) is 26.2 Å². The lowest BCUT2D eigenvalue weighted by molar-refractivity contribution is 0.111. The fourth-order valence-corrected chi connectivity index (χ4v) is 4.55. The Bertz CT molecular complexity index is 1210. The predicted octanol–water partition coefficient (Wildman–Crippen LogP) is 4.88. The van der Waals surface area contributed by atoms with Crippen LogP contribution in [0.5, 0.6) is 5.75 Å². The largest absolute Gasteiger partial charge is 0.486 e. The lowest BCUT2D eigenvalue weighted by Crippen LogP contribution is -2.45. The third-order valence-corrected chi connectivity index (χ3v) is 6.68. The van der Waals surface area contributed by atoms with Crippen LogP contribution in [-0.4, -0.2) is 51.1 Å². The summed E-state index contributed by atoms with van der Waals surface area (Å²) in [6.07, 6.45) is 0. The second-order valence-electron chi connectivity index (χ2n) is 8.05. The van der Waals surface area contributed by atoms with Crippen LogP contribution in [0.3, 0.4) is 0 Å². The van der Waals surface area contributed by atoms with Crippen LogP contribution in [0.2, 0.25) is 5.02 Å². The van der Waals surface area contributed by atoms with Crippen LogP contribution >= 0.6 is 22.9 Å². The second-order valence-corrected chi connectivity index (χ2v) is 9.43. The summed E-state index contributed by atoms with van der Waals surface area (Å²) in [7, 11) is 0. The zero-order chi connectivity index (χ0) is 23.3. The summed E-state index contributed by atoms with van der Waals surface area (Å²) < 4.78 is 24.1. The Kier molecular flexibility index (Phi) is 7.15. The van der Waals surface area contributed by atoms with E-state index in [1.807, 2.05) is 24.3 Å². The van der Waals surface area contributed by atoms with Gasteiger partial charge in [0, 0.05) is 48.7 Å². The number of hydrogen-bond acceptors (Lipinski definition) is 8. The normalized spacial score (nSPS) is 15.0. The predicted molar refractivity (Wildman–Crippen MR) is 128 cm³/mol. The minimum atomic E-state index is -0.274. The van der Waals surface area contributed by atoms with Gasteiger partial charge in [0.2, 0.25) is 11.7 Å². The molecule has 0 spiro atoms. The molecule has 0 atom stereocenters. The summed E-state index contributed by atoms with van der Waals surface area (Å²) in [4.78, 5) is 13.9.